The van der Waals surface area contributed by atoms with Crippen LogP contribution in [0.15, 0.2) is 97.2 Å². The zero-order valence-corrected chi connectivity index (χ0v) is 37.1. The third-order valence-electron chi connectivity index (χ3n) is 8.35. The molecule has 0 aliphatic carbocycles. The molecule has 0 saturated heterocycles. The molecule has 0 N–H and O–H groups in total. The number of rotatable bonds is 37. The van der Waals surface area contributed by atoms with Crippen molar-refractivity contribution in [3.05, 3.63) is 97.2 Å². The maximum atomic E-state index is 12.6. The van der Waals surface area contributed by atoms with Gasteiger partial charge in [-0.05, 0) is 77.0 Å². The molecule has 0 heterocycles. The van der Waals surface area contributed by atoms with E-state index in [4.69, 9.17) is 18.5 Å². The zero-order valence-electron chi connectivity index (χ0n) is 36.2. The van der Waals surface area contributed by atoms with Crippen LogP contribution in [-0.4, -0.2) is 70.0 Å². The van der Waals surface area contributed by atoms with Gasteiger partial charge >= 0.3 is 11.9 Å². The highest BCUT2D eigenvalue weighted by Gasteiger charge is 2.21. The number of likely N-dealkylation sites (N-methyl/N-ethyl adjacent to an activating group) is 1. The van der Waals surface area contributed by atoms with Gasteiger partial charge in [0, 0.05) is 12.8 Å². The van der Waals surface area contributed by atoms with E-state index in [1.807, 2.05) is 33.3 Å². The molecule has 324 valence electrons. The normalized spacial score (nSPS) is 14.6. The van der Waals surface area contributed by atoms with Crippen molar-refractivity contribution in [3.8, 4) is 0 Å². The van der Waals surface area contributed by atoms with Crippen molar-refractivity contribution in [2.45, 2.75) is 142 Å². The summed E-state index contributed by atoms with van der Waals surface area (Å²) in [7, 11) is 1.10. The quantitative estimate of drug-likeness (QED) is 0.0200. The number of ether oxygens (including phenoxy) is 2. The zero-order chi connectivity index (χ0) is 42.1. The van der Waals surface area contributed by atoms with Gasteiger partial charge in [0.1, 0.15) is 19.8 Å². The topological polar surface area (TPSA) is 111 Å². The van der Waals surface area contributed by atoms with E-state index in [0.29, 0.717) is 23.9 Å². The number of hydrogen-bond acceptors (Lipinski definition) is 8. The largest absolute Gasteiger partial charge is 0.756 e. The SMILES string of the molecule is CC/C=C/C/C=C/C/C=C/C/C=C/C/C=C/C/C=C/CCC(=O)OC[C@@H](COP(=O)([O-])OCC[N+](C)(C)C)OC(=O)CCCCCCC/C=C/C/C=C/CCCC. The first-order chi connectivity index (χ1) is 27.5. The average molecular weight is 816 g/mol. The second kappa shape index (κ2) is 38.4. The van der Waals surface area contributed by atoms with Crippen molar-refractivity contribution in [1.29, 1.82) is 0 Å². The highest BCUT2D eigenvalue weighted by molar-refractivity contribution is 7.45. The minimum atomic E-state index is -4.65. The summed E-state index contributed by atoms with van der Waals surface area (Å²) in [5.74, 6) is -0.961. The molecule has 0 saturated carbocycles. The number of carbonyl (C=O) groups excluding carboxylic acids is 2. The number of unbranched alkanes of at least 4 members (excludes halogenated alkanes) is 7. The van der Waals surface area contributed by atoms with Gasteiger partial charge < -0.3 is 27.9 Å². The average Bonchev–Trinajstić information content (AvgIpc) is 3.16. The van der Waals surface area contributed by atoms with Crippen LogP contribution in [0.2, 0.25) is 0 Å². The molecule has 0 amide bonds. The van der Waals surface area contributed by atoms with Crippen molar-refractivity contribution in [3.63, 3.8) is 0 Å². The summed E-state index contributed by atoms with van der Waals surface area (Å²) in [6.07, 6.45) is 50.2. The summed E-state index contributed by atoms with van der Waals surface area (Å²) in [4.78, 5) is 37.5. The van der Waals surface area contributed by atoms with Crippen LogP contribution in [0.3, 0.4) is 0 Å². The Kier molecular flexibility index (Phi) is 36.4. The number of allylic oxidation sites excluding steroid dienone is 16. The molecule has 57 heavy (non-hydrogen) atoms. The van der Waals surface area contributed by atoms with Gasteiger partial charge in [-0.1, -0.05) is 143 Å². The maximum absolute atomic E-state index is 12.6. The predicted octanol–water partition coefficient (Wildman–Crippen LogP) is 11.6. The second-order valence-electron chi connectivity index (χ2n) is 15.0. The minimum absolute atomic E-state index is 0.0505. The van der Waals surface area contributed by atoms with Crippen molar-refractivity contribution >= 4 is 19.8 Å². The Hall–Kier alpha value is -3.07. The number of phosphoric ester groups is 1. The Morgan fingerprint density at radius 1 is 0.561 bits per heavy atom. The minimum Gasteiger partial charge on any atom is -0.756 e. The molecule has 0 aliphatic rings. The van der Waals surface area contributed by atoms with Gasteiger partial charge in [-0.15, -0.1) is 0 Å². The highest BCUT2D eigenvalue weighted by Crippen LogP contribution is 2.38. The summed E-state index contributed by atoms with van der Waals surface area (Å²) in [6.45, 7) is 3.93. The molecular weight excluding hydrogens is 737 g/mol. The van der Waals surface area contributed by atoms with Crippen molar-refractivity contribution in [2.24, 2.45) is 0 Å². The van der Waals surface area contributed by atoms with E-state index in [2.05, 4.69) is 98.9 Å². The molecule has 0 radical (unpaired) electrons. The van der Waals surface area contributed by atoms with E-state index in [9.17, 15) is 19.0 Å². The molecule has 0 aromatic rings. The number of esters is 2. The number of quaternary nitrogens is 1. The van der Waals surface area contributed by atoms with Crippen LogP contribution < -0.4 is 4.89 Å². The fraction of sp³-hybridized carbons (Fsp3) is 0.617. The summed E-state index contributed by atoms with van der Waals surface area (Å²) in [5.41, 5.74) is 0. The van der Waals surface area contributed by atoms with Crippen LogP contribution in [0.5, 0.6) is 0 Å². The van der Waals surface area contributed by atoms with E-state index in [-0.39, 0.29) is 26.1 Å². The van der Waals surface area contributed by atoms with Crippen LogP contribution in [-0.2, 0) is 32.7 Å². The molecule has 0 spiro atoms. The Morgan fingerprint density at radius 2 is 1.04 bits per heavy atom. The number of phosphoric acid groups is 1. The Labute approximate surface area is 347 Å². The van der Waals surface area contributed by atoms with Crippen molar-refractivity contribution < 1.29 is 42.1 Å². The monoisotopic (exact) mass is 816 g/mol. The molecular formula is C47H78NO8P. The smallest absolute Gasteiger partial charge is 0.306 e. The predicted molar refractivity (Wildman–Crippen MR) is 235 cm³/mol. The highest BCUT2D eigenvalue weighted by atomic mass is 31.2. The van der Waals surface area contributed by atoms with E-state index >= 15 is 0 Å². The van der Waals surface area contributed by atoms with Gasteiger partial charge in [-0.25, -0.2) is 0 Å². The third kappa shape index (κ3) is 42.4. The molecule has 1 unspecified atom stereocenters. The van der Waals surface area contributed by atoms with Crippen LogP contribution in [0.1, 0.15) is 136 Å². The lowest BCUT2D eigenvalue weighted by Crippen LogP contribution is -2.37. The lowest BCUT2D eigenvalue weighted by molar-refractivity contribution is -0.870. The van der Waals surface area contributed by atoms with Crippen LogP contribution in [0.25, 0.3) is 0 Å². The van der Waals surface area contributed by atoms with Gasteiger partial charge in [-0.2, -0.15) is 0 Å². The Bertz CT molecular complexity index is 1290. The summed E-state index contributed by atoms with van der Waals surface area (Å²) < 4.78 is 33.7. The number of nitrogens with zero attached hydrogens (tertiary/aromatic N) is 1. The van der Waals surface area contributed by atoms with Gasteiger partial charge in [0.25, 0.3) is 7.82 Å². The van der Waals surface area contributed by atoms with Gasteiger partial charge in [0.05, 0.1) is 27.7 Å². The van der Waals surface area contributed by atoms with Crippen molar-refractivity contribution in [1.82, 2.24) is 0 Å². The van der Waals surface area contributed by atoms with E-state index < -0.39 is 32.5 Å². The summed E-state index contributed by atoms with van der Waals surface area (Å²) >= 11 is 0. The molecule has 10 heteroatoms. The fourth-order valence-electron chi connectivity index (χ4n) is 4.99. The number of hydrogen-bond donors (Lipinski definition) is 0. The lowest BCUT2D eigenvalue weighted by Gasteiger charge is -2.28. The summed E-state index contributed by atoms with van der Waals surface area (Å²) in [5, 5.41) is 0. The first-order valence-electron chi connectivity index (χ1n) is 21.4. The summed E-state index contributed by atoms with van der Waals surface area (Å²) in [6, 6.07) is 0. The molecule has 0 aliphatic heterocycles. The molecule has 0 aromatic carbocycles. The maximum Gasteiger partial charge on any atom is 0.306 e. The van der Waals surface area contributed by atoms with Crippen molar-refractivity contribution in [2.75, 3.05) is 47.5 Å². The van der Waals surface area contributed by atoms with Gasteiger partial charge in [0.15, 0.2) is 6.10 Å². The Balaban J connectivity index is 4.54. The first kappa shape index (κ1) is 53.9. The molecule has 0 bridgehead atoms. The van der Waals surface area contributed by atoms with Crippen LogP contribution in [0, 0.1) is 0 Å². The van der Waals surface area contributed by atoms with Gasteiger partial charge in [-0.3, -0.25) is 14.2 Å². The molecule has 0 aromatic heterocycles. The van der Waals surface area contributed by atoms with Crippen LogP contribution in [0.4, 0.5) is 0 Å². The lowest BCUT2D eigenvalue weighted by atomic mass is 10.1. The molecule has 0 rings (SSSR count). The van der Waals surface area contributed by atoms with E-state index in [1.54, 1.807) is 0 Å². The van der Waals surface area contributed by atoms with Crippen LogP contribution >= 0.6 is 7.82 Å². The molecule has 2 atom stereocenters. The Morgan fingerprint density at radius 3 is 1.56 bits per heavy atom. The second-order valence-corrected chi connectivity index (χ2v) is 16.4. The molecule has 9 nitrogen and oxygen atoms in total. The standard InChI is InChI=1S/C47H78NO8P/c1-6-8-10-12-14-16-18-20-22-23-24-25-26-28-29-31-33-35-37-39-46(49)53-43-45(44-55-57(51,52)54-42-41-48(3,4)5)56-47(50)40-38-36-34-32-30-27-21-19-17-15-13-11-9-7-2/h8,10,13-16,19-22,24-25,28-29,33,35,45H,6-7,9,11-12,17-18,23,26-27,30-32,34,36-44H2,1-5H3/b10-8+,15-13+,16-14+,21-19+,22-20+,25-24+,29-28+,35-33+/t45-/m0/s1. The van der Waals surface area contributed by atoms with E-state index in [0.717, 1.165) is 83.5 Å². The first-order valence-corrected chi connectivity index (χ1v) is 22.9. The fourth-order valence-corrected chi connectivity index (χ4v) is 5.72. The molecule has 0 fully saturated rings. The van der Waals surface area contributed by atoms with Gasteiger partial charge in [0.2, 0.25) is 0 Å². The number of carbonyl (C=O) groups is 2. The van der Waals surface area contributed by atoms with E-state index in [1.165, 1.54) is 12.8 Å². The third-order valence-corrected chi connectivity index (χ3v) is 9.32.